The summed E-state index contributed by atoms with van der Waals surface area (Å²) in [6, 6.07) is 8.58. The molecular formula is C17H24N4. The van der Waals surface area contributed by atoms with Gasteiger partial charge in [-0.25, -0.2) is 4.98 Å². The van der Waals surface area contributed by atoms with Gasteiger partial charge in [-0.3, -0.25) is 4.98 Å². The van der Waals surface area contributed by atoms with Crippen LogP contribution in [-0.2, 0) is 13.1 Å². The zero-order valence-corrected chi connectivity index (χ0v) is 13.1. The first kappa shape index (κ1) is 15.4. The second-order valence-electron chi connectivity index (χ2n) is 5.38. The molecular weight excluding hydrogens is 260 g/mol. The second-order valence-corrected chi connectivity index (χ2v) is 5.38. The van der Waals surface area contributed by atoms with Gasteiger partial charge in [-0.1, -0.05) is 36.8 Å². The highest BCUT2D eigenvalue weighted by atomic mass is 15.2. The largest absolute Gasteiger partial charge is 0.354 e. The van der Waals surface area contributed by atoms with E-state index in [0.717, 1.165) is 37.6 Å². The Morgan fingerprint density at radius 2 is 1.86 bits per heavy atom. The number of aromatic nitrogens is 2. The Hall–Kier alpha value is -1.94. The SMILES string of the molecule is CCCNCc1cnc(N(C)Cc2ccc(C)cc2)cn1. The fourth-order valence-electron chi connectivity index (χ4n) is 2.08. The predicted molar refractivity (Wildman–Crippen MR) is 87.3 cm³/mol. The van der Waals surface area contributed by atoms with Crippen molar-refractivity contribution in [3.05, 3.63) is 53.5 Å². The maximum Gasteiger partial charge on any atom is 0.147 e. The molecule has 4 nitrogen and oxygen atoms in total. The summed E-state index contributed by atoms with van der Waals surface area (Å²) in [6.07, 6.45) is 4.82. The molecule has 0 unspecified atom stereocenters. The van der Waals surface area contributed by atoms with Crippen molar-refractivity contribution in [2.45, 2.75) is 33.4 Å². The number of anilines is 1. The molecule has 0 saturated heterocycles. The van der Waals surface area contributed by atoms with E-state index in [1.807, 2.05) is 19.4 Å². The Morgan fingerprint density at radius 3 is 2.48 bits per heavy atom. The van der Waals surface area contributed by atoms with Crippen molar-refractivity contribution in [1.82, 2.24) is 15.3 Å². The summed E-state index contributed by atoms with van der Waals surface area (Å²) < 4.78 is 0. The third kappa shape index (κ3) is 4.83. The van der Waals surface area contributed by atoms with E-state index in [4.69, 9.17) is 0 Å². The van der Waals surface area contributed by atoms with E-state index in [0.29, 0.717) is 0 Å². The minimum absolute atomic E-state index is 0.781. The van der Waals surface area contributed by atoms with E-state index in [1.165, 1.54) is 11.1 Å². The molecule has 2 aromatic rings. The predicted octanol–water partition coefficient (Wildman–Crippen LogP) is 2.92. The maximum atomic E-state index is 4.49. The smallest absolute Gasteiger partial charge is 0.147 e. The van der Waals surface area contributed by atoms with Gasteiger partial charge in [0.05, 0.1) is 18.1 Å². The lowest BCUT2D eigenvalue weighted by Gasteiger charge is -2.18. The Bertz CT molecular complexity index is 534. The summed E-state index contributed by atoms with van der Waals surface area (Å²) in [6.45, 7) is 6.88. The summed E-state index contributed by atoms with van der Waals surface area (Å²) in [4.78, 5) is 11.1. The van der Waals surface area contributed by atoms with Crippen molar-refractivity contribution in [3.8, 4) is 0 Å². The molecule has 0 radical (unpaired) electrons. The van der Waals surface area contributed by atoms with Crippen LogP contribution in [0.1, 0.15) is 30.2 Å². The Morgan fingerprint density at radius 1 is 1.10 bits per heavy atom. The van der Waals surface area contributed by atoms with Crippen molar-refractivity contribution in [1.29, 1.82) is 0 Å². The lowest BCUT2D eigenvalue weighted by atomic mass is 10.1. The molecule has 21 heavy (non-hydrogen) atoms. The van der Waals surface area contributed by atoms with Crippen LogP contribution in [0.5, 0.6) is 0 Å². The van der Waals surface area contributed by atoms with E-state index in [-0.39, 0.29) is 0 Å². The number of hydrogen-bond acceptors (Lipinski definition) is 4. The van der Waals surface area contributed by atoms with Crippen molar-refractivity contribution in [2.24, 2.45) is 0 Å². The van der Waals surface area contributed by atoms with Crippen LogP contribution in [-0.4, -0.2) is 23.6 Å². The van der Waals surface area contributed by atoms with Gasteiger partial charge in [0.25, 0.3) is 0 Å². The summed E-state index contributed by atoms with van der Waals surface area (Å²) in [5, 5.41) is 3.33. The highest BCUT2D eigenvalue weighted by molar-refractivity contribution is 5.36. The fourth-order valence-corrected chi connectivity index (χ4v) is 2.08. The molecule has 0 aliphatic rings. The molecule has 0 fully saturated rings. The highest BCUT2D eigenvalue weighted by Crippen LogP contribution is 2.12. The standard InChI is InChI=1S/C17H24N4/c1-4-9-18-10-16-11-20-17(12-19-16)21(3)13-15-7-5-14(2)6-8-15/h5-8,11-12,18H,4,9-10,13H2,1-3H3. The zero-order valence-electron chi connectivity index (χ0n) is 13.1. The van der Waals surface area contributed by atoms with Gasteiger partial charge in [0.15, 0.2) is 0 Å². The van der Waals surface area contributed by atoms with Gasteiger partial charge in [0, 0.05) is 20.1 Å². The Labute approximate surface area is 127 Å². The third-order valence-electron chi connectivity index (χ3n) is 3.36. The van der Waals surface area contributed by atoms with Crippen LogP contribution in [0.3, 0.4) is 0 Å². The van der Waals surface area contributed by atoms with E-state index in [1.54, 1.807) is 0 Å². The molecule has 0 saturated carbocycles. The average molecular weight is 284 g/mol. The minimum Gasteiger partial charge on any atom is -0.354 e. The molecule has 0 bridgehead atoms. The third-order valence-corrected chi connectivity index (χ3v) is 3.36. The zero-order chi connectivity index (χ0) is 15.1. The van der Waals surface area contributed by atoms with Crippen molar-refractivity contribution >= 4 is 5.82 Å². The molecule has 1 N–H and O–H groups in total. The minimum atomic E-state index is 0.781. The Balaban J connectivity index is 1.93. The molecule has 0 aliphatic heterocycles. The van der Waals surface area contributed by atoms with Gasteiger partial charge < -0.3 is 10.2 Å². The van der Waals surface area contributed by atoms with Crippen LogP contribution in [0.2, 0.25) is 0 Å². The quantitative estimate of drug-likeness (QED) is 0.794. The average Bonchev–Trinajstić information content (AvgIpc) is 2.50. The van der Waals surface area contributed by atoms with Crippen LogP contribution in [0.4, 0.5) is 5.82 Å². The molecule has 1 heterocycles. The van der Waals surface area contributed by atoms with Crippen molar-refractivity contribution in [2.75, 3.05) is 18.5 Å². The lowest BCUT2D eigenvalue weighted by molar-refractivity contribution is 0.661. The van der Waals surface area contributed by atoms with E-state index < -0.39 is 0 Å². The van der Waals surface area contributed by atoms with Gasteiger partial charge >= 0.3 is 0 Å². The second kappa shape index (κ2) is 7.74. The number of hydrogen-bond donors (Lipinski definition) is 1. The summed E-state index contributed by atoms with van der Waals surface area (Å²) in [7, 11) is 2.04. The molecule has 0 atom stereocenters. The number of rotatable bonds is 7. The summed E-state index contributed by atoms with van der Waals surface area (Å²) in [5.41, 5.74) is 3.54. The van der Waals surface area contributed by atoms with Gasteiger partial charge in [-0.15, -0.1) is 0 Å². The number of nitrogens with one attached hydrogen (secondary N) is 1. The van der Waals surface area contributed by atoms with Gasteiger partial charge in [-0.2, -0.15) is 0 Å². The van der Waals surface area contributed by atoms with Gasteiger partial charge in [0.2, 0.25) is 0 Å². The number of benzene rings is 1. The molecule has 1 aromatic heterocycles. The van der Waals surface area contributed by atoms with Crippen LogP contribution < -0.4 is 10.2 Å². The van der Waals surface area contributed by atoms with Crippen molar-refractivity contribution in [3.63, 3.8) is 0 Å². The van der Waals surface area contributed by atoms with Crippen molar-refractivity contribution < 1.29 is 0 Å². The van der Waals surface area contributed by atoms with Crippen LogP contribution in [0.15, 0.2) is 36.7 Å². The highest BCUT2D eigenvalue weighted by Gasteiger charge is 2.04. The van der Waals surface area contributed by atoms with E-state index >= 15 is 0 Å². The first-order valence-corrected chi connectivity index (χ1v) is 7.47. The summed E-state index contributed by atoms with van der Waals surface area (Å²) in [5.74, 6) is 0.898. The topological polar surface area (TPSA) is 41.1 Å². The molecule has 1 aromatic carbocycles. The first-order valence-electron chi connectivity index (χ1n) is 7.47. The molecule has 0 amide bonds. The molecule has 112 valence electrons. The number of aryl methyl sites for hydroxylation is 1. The number of nitrogens with zero attached hydrogens (tertiary/aromatic N) is 3. The summed E-state index contributed by atoms with van der Waals surface area (Å²) >= 11 is 0. The Kier molecular flexibility index (Phi) is 5.69. The fraction of sp³-hybridized carbons (Fsp3) is 0.412. The molecule has 0 aliphatic carbocycles. The van der Waals surface area contributed by atoms with Crippen LogP contribution in [0.25, 0.3) is 0 Å². The maximum absolute atomic E-state index is 4.49. The molecule has 4 heteroatoms. The molecule has 0 spiro atoms. The van der Waals surface area contributed by atoms with Crippen LogP contribution >= 0.6 is 0 Å². The van der Waals surface area contributed by atoms with E-state index in [9.17, 15) is 0 Å². The normalized spacial score (nSPS) is 10.6. The first-order chi connectivity index (χ1) is 10.2. The van der Waals surface area contributed by atoms with Crippen LogP contribution in [0, 0.1) is 6.92 Å². The van der Waals surface area contributed by atoms with E-state index in [2.05, 4.69) is 58.3 Å². The van der Waals surface area contributed by atoms with Gasteiger partial charge in [0.1, 0.15) is 5.82 Å². The monoisotopic (exact) mass is 284 g/mol. The lowest BCUT2D eigenvalue weighted by Crippen LogP contribution is -2.19. The molecule has 2 rings (SSSR count). The van der Waals surface area contributed by atoms with Gasteiger partial charge in [-0.05, 0) is 25.5 Å².